The molecule has 2 N–H and O–H groups in total. The number of aromatic amines is 1. The summed E-state index contributed by atoms with van der Waals surface area (Å²) in [5, 5.41) is 13.3. The minimum absolute atomic E-state index is 0.0662. The van der Waals surface area contributed by atoms with Crippen molar-refractivity contribution in [3.63, 3.8) is 0 Å². The van der Waals surface area contributed by atoms with Gasteiger partial charge >= 0.3 is 0 Å². The maximum atomic E-state index is 13.3. The molecule has 0 unspecified atom stereocenters. The molecule has 0 aliphatic heterocycles. The fraction of sp³-hybridized carbons (Fsp3) is 0.100. The third-order valence-corrected chi connectivity index (χ3v) is 2.55. The molecule has 8 heteroatoms. The summed E-state index contributed by atoms with van der Waals surface area (Å²) in [6, 6.07) is 1.98. The first-order chi connectivity index (χ1) is 8.58. The summed E-state index contributed by atoms with van der Waals surface area (Å²) in [7, 11) is 0. The molecule has 6 nitrogen and oxygen atoms in total. The minimum Gasteiger partial charge on any atom is -0.374 e. The third-order valence-electron chi connectivity index (χ3n) is 2.26. The van der Waals surface area contributed by atoms with Gasteiger partial charge in [-0.3, -0.25) is 10.1 Å². The second-order valence-corrected chi connectivity index (χ2v) is 3.88. The normalized spacial score (nSPS) is 10.3. The molecular weight excluding hydrogens is 263 g/mol. The van der Waals surface area contributed by atoms with Gasteiger partial charge in [-0.2, -0.15) is 0 Å². The molecule has 0 bridgehead atoms. The number of aromatic nitrogens is 2. The molecule has 2 rings (SSSR count). The van der Waals surface area contributed by atoms with Crippen LogP contribution in [-0.2, 0) is 6.54 Å². The van der Waals surface area contributed by atoms with Gasteiger partial charge in [-0.15, -0.1) is 0 Å². The Morgan fingerprint density at radius 1 is 1.56 bits per heavy atom. The second-order valence-electron chi connectivity index (χ2n) is 3.47. The van der Waals surface area contributed by atoms with Crippen LogP contribution in [0.25, 0.3) is 0 Å². The van der Waals surface area contributed by atoms with Gasteiger partial charge in [-0.05, 0) is 0 Å². The molecule has 0 fully saturated rings. The number of H-pyrrole nitrogens is 1. The third kappa shape index (κ3) is 2.57. The van der Waals surface area contributed by atoms with Crippen molar-refractivity contribution in [2.75, 3.05) is 5.32 Å². The van der Waals surface area contributed by atoms with Crippen LogP contribution in [-0.4, -0.2) is 14.9 Å². The maximum Gasteiger partial charge on any atom is 0.294 e. The van der Waals surface area contributed by atoms with Crippen molar-refractivity contribution in [3.8, 4) is 0 Å². The fourth-order valence-corrected chi connectivity index (χ4v) is 1.56. The summed E-state index contributed by atoms with van der Waals surface area (Å²) in [5.74, 6) is -0.714. The van der Waals surface area contributed by atoms with Gasteiger partial charge in [0.1, 0.15) is 11.5 Å². The molecule has 1 aromatic heterocycles. The number of benzene rings is 1. The number of halogens is 2. The van der Waals surface area contributed by atoms with Gasteiger partial charge in [-0.1, -0.05) is 11.6 Å². The maximum absolute atomic E-state index is 13.3. The van der Waals surface area contributed by atoms with E-state index in [4.69, 9.17) is 11.6 Å². The zero-order chi connectivity index (χ0) is 13.1. The first-order valence-electron chi connectivity index (χ1n) is 4.92. The molecule has 1 heterocycles. The summed E-state index contributed by atoms with van der Waals surface area (Å²) >= 11 is 5.51. The van der Waals surface area contributed by atoms with E-state index in [-0.39, 0.29) is 22.9 Å². The van der Waals surface area contributed by atoms with Crippen LogP contribution in [0.3, 0.4) is 0 Å². The minimum atomic E-state index is -0.714. The van der Waals surface area contributed by atoms with Crippen molar-refractivity contribution in [1.29, 1.82) is 0 Å². The quantitative estimate of drug-likeness (QED) is 0.661. The Morgan fingerprint density at radius 2 is 2.33 bits per heavy atom. The highest BCUT2D eigenvalue weighted by atomic mass is 35.5. The second kappa shape index (κ2) is 5.01. The topological polar surface area (TPSA) is 83.8 Å². The van der Waals surface area contributed by atoms with Crippen molar-refractivity contribution in [1.82, 2.24) is 9.97 Å². The van der Waals surface area contributed by atoms with E-state index in [0.29, 0.717) is 0 Å². The summed E-state index contributed by atoms with van der Waals surface area (Å²) in [6.07, 6.45) is 3.04. The van der Waals surface area contributed by atoms with Crippen LogP contribution >= 0.6 is 11.6 Å². The zero-order valence-corrected chi connectivity index (χ0v) is 9.74. The van der Waals surface area contributed by atoms with E-state index in [9.17, 15) is 14.5 Å². The average molecular weight is 271 g/mol. The zero-order valence-electron chi connectivity index (χ0n) is 8.98. The number of rotatable bonds is 4. The Hall–Kier alpha value is -2.15. The van der Waals surface area contributed by atoms with Gasteiger partial charge in [0.05, 0.1) is 28.5 Å². The number of nitrogens with zero attached hydrogens (tertiary/aromatic N) is 2. The van der Waals surface area contributed by atoms with Crippen LogP contribution in [0.1, 0.15) is 5.69 Å². The number of hydrogen-bond acceptors (Lipinski definition) is 4. The number of anilines is 1. The Labute approximate surface area is 106 Å². The van der Waals surface area contributed by atoms with Crippen molar-refractivity contribution in [2.45, 2.75) is 6.54 Å². The van der Waals surface area contributed by atoms with Gasteiger partial charge < -0.3 is 10.3 Å². The van der Waals surface area contributed by atoms with Gasteiger partial charge in [0.2, 0.25) is 0 Å². The number of nitrogens with one attached hydrogen (secondary N) is 2. The molecule has 1 aromatic carbocycles. The predicted molar refractivity (Wildman–Crippen MR) is 64.0 cm³/mol. The van der Waals surface area contributed by atoms with E-state index in [1.54, 1.807) is 6.20 Å². The molecule has 0 spiro atoms. The number of nitro benzene ring substituents is 1. The highest BCUT2D eigenvalue weighted by Gasteiger charge is 2.17. The van der Waals surface area contributed by atoms with E-state index in [0.717, 1.165) is 17.8 Å². The molecule has 0 aliphatic carbocycles. The Morgan fingerprint density at radius 3 is 2.94 bits per heavy atom. The van der Waals surface area contributed by atoms with Crippen LogP contribution in [0.5, 0.6) is 0 Å². The van der Waals surface area contributed by atoms with Crippen molar-refractivity contribution >= 4 is 23.0 Å². The molecule has 2 aromatic rings. The van der Waals surface area contributed by atoms with E-state index >= 15 is 0 Å². The molecule has 94 valence electrons. The Balaban J connectivity index is 2.25. The van der Waals surface area contributed by atoms with Crippen molar-refractivity contribution in [2.24, 2.45) is 0 Å². The molecule has 18 heavy (non-hydrogen) atoms. The molecule has 0 aliphatic rings. The summed E-state index contributed by atoms with van der Waals surface area (Å²) < 4.78 is 13.3. The molecule has 0 saturated heterocycles. The first-order valence-corrected chi connectivity index (χ1v) is 5.30. The molecule has 0 radical (unpaired) electrons. The lowest BCUT2D eigenvalue weighted by atomic mass is 10.2. The molecule has 0 amide bonds. The van der Waals surface area contributed by atoms with E-state index < -0.39 is 10.7 Å². The lowest BCUT2D eigenvalue weighted by molar-refractivity contribution is -0.384. The van der Waals surface area contributed by atoms with E-state index in [1.165, 1.54) is 6.33 Å². The van der Waals surface area contributed by atoms with Crippen LogP contribution < -0.4 is 5.32 Å². The number of hydrogen-bond donors (Lipinski definition) is 2. The summed E-state index contributed by atoms with van der Waals surface area (Å²) in [6.45, 7) is 0.266. The lowest BCUT2D eigenvalue weighted by Gasteiger charge is -2.06. The smallest absolute Gasteiger partial charge is 0.294 e. The van der Waals surface area contributed by atoms with Gasteiger partial charge in [0.25, 0.3) is 5.69 Å². The van der Waals surface area contributed by atoms with E-state index in [2.05, 4.69) is 15.3 Å². The summed E-state index contributed by atoms with van der Waals surface area (Å²) in [4.78, 5) is 16.8. The average Bonchev–Trinajstić information content (AvgIpc) is 2.83. The van der Waals surface area contributed by atoms with Crippen molar-refractivity contribution < 1.29 is 9.31 Å². The summed E-state index contributed by atoms with van der Waals surface area (Å²) in [5.41, 5.74) is 0.511. The molecule has 0 saturated carbocycles. The van der Waals surface area contributed by atoms with Gasteiger partial charge in [-0.25, -0.2) is 9.37 Å². The van der Waals surface area contributed by atoms with Crippen LogP contribution in [0.4, 0.5) is 15.8 Å². The fourth-order valence-electron chi connectivity index (χ4n) is 1.40. The predicted octanol–water partition coefficient (Wildman–Crippen LogP) is 2.72. The first kappa shape index (κ1) is 12.3. The van der Waals surface area contributed by atoms with Crippen LogP contribution in [0, 0.1) is 15.9 Å². The van der Waals surface area contributed by atoms with Gasteiger partial charge in [0, 0.05) is 18.3 Å². The van der Waals surface area contributed by atoms with E-state index in [1.807, 2.05) is 0 Å². The SMILES string of the molecule is O=[N+]([O-])c1cc(Cl)c(F)cc1NCc1cnc[nH]1. The lowest BCUT2D eigenvalue weighted by Crippen LogP contribution is -2.03. The largest absolute Gasteiger partial charge is 0.374 e. The molecule has 0 atom stereocenters. The molecular formula is C10H8ClFN4O2. The van der Waals surface area contributed by atoms with Gasteiger partial charge in [0.15, 0.2) is 0 Å². The van der Waals surface area contributed by atoms with Crippen LogP contribution in [0.15, 0.2) is 24.7 Å². The monoisotopic (exact) mass is 270 g/mol. The highest BCUT2D eigenvalue weighted by Crippen LogP contribution is 2.30. The Kier molecular flexibility index (Phi) is 3.42. The standard InChI is InChI=1S/C10H8ClFN4O2/c11-7-1-10(16(17)18)9(2-8(7)12)14-4-6-3-13-5-15-6/h1-3,5,14H,4H2,(H,13,15). The Bertz CT molecular complexity index is 574. The van der Waals surface area contributed by atoms with Crippen molar-refractivity contribution in [3.05, 3.63) is 51.3 Å². The highest BCUT2D eigenvalue weighted by molar-refractivity contribution is 6.31. The number of nitro groups is 1. The number of imidazole rings is 1. The van der Waals surface area contributed by atoms with Crippen LogP contribution in [0.2, 0.25) is 5.02 Å².